The van der Waals surface area contributed by atoms with Crippen LogP contribution in [0.5, 0.6) is 0 Å². The molecule has 0 fully saturated rings. The van der Waals surface area contributed by atoms with Crippen molar-refractivity contribution in [2.24, 2.45) is 0 Å². The van der Waals surface area contributed by atoms with E-state index >= 15 is 0 Å². The van der Waals surface area contributed by atoms with Crippen LogP contribution in [0.25, 0.3) is 0 Å². The van der Waals surface area contributed by atoms with Crippen LogP contribution in [0, 0.1) is 20.8 Å². The summed E-state index contributed by atoms with van der Waals surface area (Å²) in [7, 11) is 0. The average molecular weight is 290 g/mol. The smallest absolute Gasteiger partial charge is 0.321 e. The Kier molecular flexibility index (Phi) is 7.27. The van der Waals surface area contributed by atoms with Crippen molar-refractivity contribution in [1.82, 2.24) is 4.90 Å². The van der Waals surface area contributed by atoms with Gasteiger partial charge >= 0.3 is 6.03 Å². The largest absolute Gasteiger partial charge is 0.325 e. The summed E-state index contributed by atoms with van der Waals surface area (Å²) in [5.41, 5.74) is 4.53. The first-order valence-corrected chi connectivity index (χ1v) is 8.13. The number of nitrogens with zero attached hydrogens (tertiary/aromatic N) is 1. The van der Waals surface area contributed by atoms with Gasteiger partial charge in [-0.3, -0.25) is 0 Å². The molecule has 0 aliphatic rings. The molecule has 0 bridgehead atoms. The van der Waals surface area contributed by atoms with Crippen molar-refractivity contribution in [3.05, 3.63) is 28.8 Å². The van der Waals surface area contributed by atoms with E-state index in [0.717, 1.165) is 50.0 Å². The first kappa shape index (κ1) is 17.5. The van der Waals surface area contributed by atoms with Crippen molar-refractivity contribution < 1.29 is 4.79 Å². The second kappa shape index (κ2) is 8.71. The van der Waals surface area contributed by atoms with Gasteiger partial charge < -0.3 is 10.2 Å². The standard InChI is InChI=1S/C18H30N2O/c1-6-8-10-20(11-9-7-2)18(21)19-17-13-15(4)14(3)12-16(17)5/h12-13H,6-11H2,1-5H3,(H,19,21). The van der Waals surface area contributed by atoms with Crippen molar-refractivity contribution in [1.29, 1.82) is 0 Å². The average Bonchev–Trinajstić information content (AvgIpc) is 2.44. The summed E-state index contributed by atoms with van der Waals surface area (Å²) < 4.78 is 0. The molecule has 21 heavy (non-hydrogen) atoms. The third-order valence-corrected chi connectivity index (χ3v) is 3.93. The molecule has 1 N–H and O–H groups in total. The molecule has 3 nitrogen and oxygen atoms in total. The van der Waals surface area contributed by atoms with Gasteiger partial charge in [-0.15, -0.1) is 0 Å². The minimum absolute atomic E-state index is 0.0308. The summed E-state index contributed by atoms with van der Waals surface area (Å²) >= 11 is 0. The number of unbranched alkanes of at least 4 members (excludes halogenated alkanes) is 2. The topological polar surface area (TPSA) is 32.3 Å². The molecule has 2 amide bonds. The number of aryl methyl sites for hydroxylation is 3. The first-order valence-electron chi connectivity index (χ1n) is 8.13. The number of anilines is 1. The van der Waals surface area contributed by atoms with E-state index < -0.39 is 0 Å². The maximum atomic E-state index is 12.5. The van der Waals surface area contributed by atoms with Gasteiger partial charge in [0, 0.05) is 18.8 Å². The van der Waals surface area contributed by atoms with Gasteiger partial charge in [-0.1, -0.05) is 32.8 Å². The van der Waals surface area contributed by atoms with Gasteiger partial charge in [-0.25, -0.2) is 4.79 Å². The fourth-order valence-corrected chi connectivity index (χ4v) is 2.30. The number of amides is 2. The summed E-state index contributed by atoms with van der Waals surface area (Å²) in [6.07, 6.45) is 4.34. The summed E-state index contributed by atoms with van der Waals surface area (Å²) in [6, 6.07) is 4.23. The molecule has 118 valence electrons. The van der Waals surface area contributed by atoms with E-state index in [1.807, 2.05) is 11.8 Å². The van der Waals surface area contributed by atoms with E-state index in [9.17, 15) is 4.79 Å². The van der Waals surface area contributed by atoms with E-state index in [0.29, 0.717) is 0 Å². The quantitative estimate of drug-likeness (QED) is 0.749. The van der Waals surface area contributed by atoms with Crippen molar-refractivity contribution in [3.8, 4) is 0 Å². The van der Waals surface area contributed by atoms with Crippen LogP contribution in [0.15, 0.2) is 12.1 Å². The Bertz CT molecular complexity index is 461. The number of urea groups is 1. The number of carbonyl (C=O) groups excluding carboxylic acids is 1. The fourth-order valence-electron chi connectivity index (χ4n) is 2.30. The summed E-state index contributed by atoms with van der Waals surface area (Å²) in [5.74, 6) is 0. The lowest BCUT2D eigenvalue weighted by atomic mass is 10.1. The first-order chi connectivity index (χ1) is 9.99. The van der Waals surface area contributed by atoms with Gasteiger partial charge in [0.05, 0.1) is 0 Å². The van der Waals surface area contributed by atoms with Crippen LogP contribution in [0.3, 0.4) is 0 Å². The SMILES string of the molecule is CCCCN(CCCC)C(=O)Nc1cc(C)c(C)cc1C. The van der Waals surface area contributed by atoms with Crippen LogP contribution in [0.1, 0.15) is 56.2 Å². The molecule has 3 heteroatoms. The Labute approximate surface area is 129 Å². The van der Waals surface area contributed by atoms with Crippen molar-refractivity contribution in [2.75, 3.05) is 18.4 Å². The third kappa shape index (κ3) is 5.41. The van der Waals surface area contributed by atoms with E-state index in [1.54, 1.807) is 0 Å². The summed E-state index contributed by atoms with van der Waals surface area (Å²) in [4.78, 5) is 14.4. The zero-order valence-corrected chi connectivity index (χ0v) is 14.3. The molecule has 0 radical (unpaired) electrons. The zero-order chi connectivity index (χ0) is 15.8. The Hall–Kier alpha value is -1.51. The lowest BCUT2D eigenvalue weighted by molar-refractivity contribution is 0.210. The van der Waals surface area contributed by atoms with Gasteiger partial charge in [-0.2, -0.15) is 0 Å². The fraction of sp³-hybridized carbons (Fsp3) is 0.611. The molecule has 0 saturated carbocycles. The van der Waals surface area contributed by atoms with Crippen LogP contribution >= 0.6 is 0 Å². The van der Waals surface area contributed by atoms with Gasteiger partial charge in [0.25, 0.3) is 0 Å². The highest BCUT2D eigenvalue weighted by molar-refractivity contribution is 5.90. The van der Waals surface area contributed by atoms with Crippen LogP contribution < -0.4 is 5.32 Å². The molecule has 1 aromatic rings. The highest BCUT2D eigenvalue weighted by Gasteiger charge is 2.14. The number of hydrogen-bond donors (Lipinski definition) is 1. The van der Waals surface area contributed by atoms with Crippen molar-refractivity contribution >= 4 is 11.7 Å². The Morgan fingerprint density at radius 1 is 0.952 bits per heavy atom. The normalized spacial score (nSPS) is 10.5. The van der Waals surface area contributed by atoms with E-state index in [4.69, 9.17) is 0 Å². The number of carbonyl (C=O) groups is 1. The number of rotatable bonds is 7. The van der Waals surface area contributed by atoms with Crippen LogP contribution in [-0.2, 0) is 0 Å². The monoisotopic (exact) mass is 290 g/mol. The number of hydrogen-bond acceptors (Lipinski definition) is 1. The molecule has 0 aliphatic heterocycles. The molecule has 0 aliphatic carbocycles. The van der Waals surface area contributed by atoms with Gasteiger partial charge in [0.2, 0.25) is 0 Å². The van der Waals surface area contributed by atoms with E-state index in [1.165, 1.54) is 11.1 Å². The van der Waals surface area contributed by atoms with Crippen LogP contribution in [0.4, 0.5) is 10.5 Å². The maximum absolute atomic E-state index is 12.5. The van der Waals surface area contributed by atoms with Crippen molar-refractivity contribution in [3.63, 3.8) is 0 Å². The molecule has 1 aromatic carbocycles. The van der Waals surface area contributed by atoms with Crippen LogP contribution in [0.2, 0.25) is 0 Å². The predicted octanol–water partition coefficient (Wildman–Crippen LogP) is 5.05. The molecule has 0 saturated heterocycles. The molecule has 0 unspecified atom stereocenters. The van der Waals surface area contributed by atoms with E-state index in [-0.39, 0.29) is 6.03 Å². The Morgan fingerprint density at radius 2 is 1.48 bits per heavy atom. The third-order valence-electron chi connectivity index (χ3n) is 3.93. The second-order valence-electron chi connectivity index (χ2n) is 5.88. The minimum atomic E-state index is 0.0308. The molecule has 0 spiro atoms. The zero-order valence-electron chi connectivity index (χ0n) is 14.3. The summed E-state index contributed by atoms with van der Waals surface area (Å²) in [5, 5.41) is 3.08. The molecular weight excluding hydrogens is 260 g/mol. The maximum Gasteiger partial charge on any atom is 0.321 e. The van der Waals surface area contributed by atoms with Crippen LogP contribution in [-0.4, -0.2) is 24.0 Å². The predicted molar refractivity (Wildman–Crippen MR) is 91.1 cm³/mol. The molecule has 0 atom stereocenters. The molecular formula is C18H30N2O. The molecule has 0 aromatic heterocycles. The van der Waals surface area contributed by atoms with Gasteiger partial charge in [0.15, 0.2) is 0 Å². The highest BCUT2D eigenvalue weighted by atomic mass is 16.2. The number of nitrogens with one attached hydrogen (secondary N) is 1. The van der Waals surface area contributed by atoms with Gasteiger partial charge in [-0.05, 0) is 56.4 Å². The van der Waals surface area contributed by atoms with E-state index in [2.05, 4.69) is 45.1 Å². The van der Waals surface area contributed by atoms with Gasteiger partial charge in [0.1, 0.15) is 0 Å². The Balaban J connectivity index is 2.77. The minimum Gasteiger partial charge on any atom is -0.325 e. The molecule has 0 heterocycles. The van der Waals surface area contributed by atoms with Crippen molar-refractivity contribution in [2.45, 2.75) is 60.3 Å². The second-order valence-corrected chi connectivity index (χ2v) is 5.88. The lowest BCUT2D eigenvalue weighted by Crippen LogP contribution is -2.36. The summed E-state index contributed by atoms with van der Waals surface area (Å²) in [6.45, 7) is 12.2. The highest BCUT2D eigenvalue weighted by Crippen LogP contribution is 2.20. The lowest BCUT2D eigenvalue weighted by Gasteiger charge is -2.23. The molecule has 1 rings (SSSR count). The number of benzene rings is 1. The Morgan fingerprint density at radius 3 is 2.00 bits per heavy atom.